The van der Waals surface area contributed by atoms with Crippen molar-refractivity contribution in [3.8, 4) is 0 Å². The summed E-state index contributed by atoms with van der Waals surface area (Å²) in [6, 6.07) is 11.4. The van der Waals surface area contributed by atoms with Crippen LogP contribution in [-0.2, 0) is 6.54 Å². The number of alkyl halides is 2. The van der Waals surface area contributed by atoms with Gasteiger partial charge in [0.25, 0.3) is 12.3 Å². The molecule has 0 aliphatic carbocycles. The fraction of sp³-hybridized carbons (Fsp3) is 0.412. The smallest absolute Gasteiger partial charge is 0.271 e. The molecule has 4 nitrogen and oxygen atoms in total. The van der Waals surface area contributed by atoms with Gasteiger partial charge in [-0.1, -0.05) is 44.2 Å². The van der Waals surface area contributed by atoms with Gasteiger partial charge in [0, 0.05) is 18.7 Å². The van der Waals surface area contributed by atoms with E-state index in [-0.39, 0.29) is 17.5 Å². The molecular weight excluding hydrogens is 300 g/mol. The second-order valence-electron chi connectivity index (χ2n) is 5.79. The Kier molecular flexibility index (Phi) is 5.84. The van der Waals surface area contributed by atoms with Gasteiger partial charge in [0.05, 0.1) is 0 Å². The number of aromatic nitrogens is 2. The van der Waals surface area contributed by atoms with Crippen LogP contribution in [0.5, 0.6) is 0 Å². The van der Waals surface area contributed by atoms with Crippen molar-refractivity contribution < 1.29 is 13.6 Å². The van der Waals surface area contributed by atoms with Crippen molar-refractivity contribution >= 4 is 5.91 Å². The summed E-state index contributed by atoms with van der Waals surface area (Å²) in [5, 5.41) is 6.71. The van der Waals surface area contributed by atoms with Crippen LogP contribution in [0.1, 0.15) is 35.8 Å². The molecule has 0 saturated heterocycles. The Bertz CT molecular complexity index is 626. The Hall–Kier alpha value is -2.24. The zero-order valence-electron chi connectivity index (χ0n) is 13.2. The molecule has 1 atom stereocenters. The molecule has 2 aromatic rings. The topological polar surface area (TPSA) is 46.9 Å². The normalized spacial score (nSPS) is 12.6. The van der Waals surface area contributed by atoms with Gasteiger partial charge in [-0.2, -0.15) is 5.10 Å². The van der Waals surface area contributed by atoms with Crippen LogP contribution in [0, 0.1) is 5.92 Å². The Balaban J connectivity index is 1.98. The zero-order chi connectivity index (χ0) is 16.8. The lowest BCUT2D eigenvalue weighted by atomic mass is 9.88. The van der Waals surface area contributed by atoms with Crippen LogP contribution < -0.4 is 5.32 Å². The highest BCUT2D eigenvalue weighted by Gasteiger charge is 2.18. The molecule has 0 fully saturated rings. The highest BCUT2D eigenvalue weighted by Crippen LogP contribution is 2.23. The van der Waals surface area contributed by atoms with E-state index in [0.717, 1.165) is 10.2 Å². The van der Waals surface area contributed by atoms with Gasteiger partial charge in [-0.15, -0.1) is 0 Å². The summed E-state index contributed by atoms with van der Waals surface area (Å²) >= 11 is 0. The largest absolute Gasteiger partial charge is 0.350 e. The van der Waals surface area contributed by atoms with Crippen molar-refractivity contribution in [2.24, 2.45) is 5.92 Å². The average Bonchev–Trinajstić information content (AvgIpc) is 2.95. The van der Waals surface area contributed by atoms with E-state index in [1.54, 1.807) is 0 Å². The third-order valence-electron chi connectivity index (χ3n) is 3.71. The molecule has 0 bridgehead atoms. The summed E-state index contributed by atoms with van der Waals surface area (Å²) < 4.78 is 25.7. The maximum absolute atomic E-state index is 12.3. The predicted octanol–water partition coefficient (Wildman–Crippen LogP) is 3.32. The second-order valence-corrected chi connectivity index (χ2v) is 5.79. The summed E-state index contributed by atoms with van der Waals surface area (Å²) in [4.78, 5) is 12.1. The Morgan fingerprint density at radius 2 is 1.91 bits per heavy atom. The fourth-order valence-corrected chi connectivity index (χ4v) is 2.46. The fourth-order valence-electron chi connectivity index (χ4n) is 2.46. The monoisotopic (exact) mass is 321 g/mol. The summed E-state index contributed by atoms with van der Waals surface area (Å²) in [6.45, 7) is 4.16. The number of nitrogens with one attached hydrogen (secondary N) is 1. The van der Waals surface area contributed by atoms with Crippen molar-refractivity contribution in [2.75, 3.05) is 6.54 Å². The lowest BCUT2D eigenvalue weighted by Gasteiger charge is -2.21. The first kappa shape index (κ1) is 17.1. The van der Waals surface area contributed by atoms with E-state index < -0.39 is 13.0 Å². The number of amides is 1. The van der Waals surface area contributed by atoms with Gasteiger partial charge in [-0.25, -0.2) is 8.78 Å². The van der Waals surface area contributed by atoms with Crippen LogP contribution in [0.25, 0.3) is 0 Å². The number of carbonyl (C=O) groups excluding carboxylic acids is 1. The van der Waals surface area contributed by atoms with Crippen molar-refractivity contribution in [3.05, 3.63) is 53.9 Å². The molecule has 124 valence electrons. The molecule has 0 spiro atoms. The quantitative estimate of drug-likeness (QED) is 0.850. The average molecular weight is 321 g/mol. The number of carbonyl (C=O) groups is 1. The van der Waals surface area contributed by atoms with Crippen LogP contribution in [0.15, 0.2) is 42.6 Å². The molecule has 0 aliphatic rings. The van der Waals surface area contributed by atoms with Crippen LogP contribution in [0.3, 0.4) is 0 Å². The molecule has 0 aliphatic heterocycles. The van der Waals surface area contributed by atoms with E-state index in [9.17, 15) is 13.6 Å². The van der Waals surface area contributed by atoms with E-state index in [1.165, 1.54) is 12.3 Å². The van der Waals surface area contributed by atoms with E-state index in [0.29, 0.717) is 12.5 Å². The molecule has 1 amide bonds. The third kappa shape index (κ3) is 4.87. The van der Waals surface area contributed by atoms with E-state index >= 15 is 0 Å². The van der Waals surface area contributed by atoms with Gasteiger partial charge in [-0.3, -0.25) is 9.48 Å². The van der Waals surface area contributed by atoms with E-state index in [1.807, 2.05) is 30.3 Å². The van der Waals surface area contributed by atoms with Crippen molar-refractivity contribution in [2.45, 2.75) is 32.7 Å². The highest BCUT2D eigenvalue weighted by molar-refractivity contribution is 5.92. The van der Waals surface area contributed by atoms with Crippen LogP contribution >= 0.6 is 0 Å². The minimum Gasteiger partial charge on any atom is -0.350 e. The first-order chi connectivity index (χ1) is 11.0. The predicted molar refractivity (Wildman–Crippen MR) is 84.6 cm³/mol. The van der Waals surface area contributed by atoms with Gasteiger partial charge >= 0.3 is 0 Å². The number of halogens is 2. The second kappa shape index (κ2) is 7.85. The molecule has 1 unspecified atom stereocenters. The SMILES string of the molecule is CC(C)C(CNC(=O)c1ccn(CC(F)F)n1)c1ccccc1. The number of benzene rings is 1. The molecule has 1 aromatic heterocycles. The zero-order valence-corrected chi connectivity index (χ0v) is 13.2. The molecular formula is C17H21F2N3O. The molecule has 1 heterocycles. The standard InChI is InChI=1S/C17H21F2N3O/c1-12(2)14(13-6-4-3-5-7-13)10-20-17(23)15-8-9-22(21-15)11-16(18)19/h3-9,12,14,16H,10-11H2,1-2H3,(H,20,23). The Labute approximate surface area is 134 Å². The molecule has 0 saturated carbocycles. The van der Waals surface area contributed by atoms with E-state index in [2.05, 4.69) is 24.3 Å². The maximum atomic E-state index is 12.3. The van der Waals surface area contributed by atoms with Gasteiger partial charge in [0.2, 0.25) is 0 Å². The third-order valence-corrected chi connectivity index (χ3v) is 3.71. The van der Waals surface area contributed by atoms with Crippen LogP contribution in [-0.4, -0.2) is 28.7 Å². The number of rotatable bonds is 7. The van der Waals surface area contributed by atoms with Crippen LogP contribution in [0.4, 0.5) is 8.78 Å². The van der Waals surface area contributed by atoms with Crippen molar-refractivity contribution in [1.82, 2.24) is 15.1 Å². The number of hydrogen-bond donors (Lipinski definition) is 1. The first-order valence-corrected chi connectivity index (χ1v) is 7.62. The van der Waals surface area contributed by atoms with Crippen molar-refractivity contribution in [1.29, 1.82) is 0 Å². The van der Waals surface area contributed by atoms with E-state index in [4.69, 9.17) is 0 Å². The Morgan fingerprint density at radius 1 is 1.22 bits per heavy atom. The van der Waals surface area contributed by atoms with Gasteiger partial charge in [0.1, 0.15) is 12.2 Å². The molecule has 23 heavy (non-hydrogen) atoms. The Morgan fingerprint density at radius 3 is 2.52 bits per heavy atom. The maximum Gasteiger partial charge on any atom is 0.271 e. The van der Waals surface area contributed by atoms with Crippen molar-refractivity contribution in [3.63, 3.8) is 0 Å². The number of hydrogen-bond acceptors (Lipinski definition) is 2. The highest BCUT2D eigenvalue weighted by atomic mass is 19.3. The lowest BCUT2D eigenvalue weighted by molar-refractivity contribution is 0.0938. The lowest BCUT2D eigenvalue weighted by Crippen LogP contribution is -2.30. The number of nitrogens with zero attached hydrogens (tertiary/aromatic N) is 2. The van der Waals surface area contributed by atoms with Gasteiger partial charge in [-0.05, 0) is 17.5 Å². The summed E-state index contributed by atoms with van der Waals surface area (Å²) in [5.41, 5.74) is 1.31. The molecule has 1 N–H and O–H groups in total. The first-order valence-electron chi connectivity index (χ1n) is 7.62. The summed E-state index contributed by atoms with van der Waals surface area (Å²) in [5.74, 6) is 0.192. The molecule has 6 heteroatoms. The molecule has 2 rings (SSSR count). The van der Waals surface area contributed by atoms with Gasteiger partial charge < -0.3 is 5.32 Å². The summed E-state index contributed by atoms with van der Waals surface area (Å²) in [6.07, 6.45) is -1.10. The molecule has 1 aromatic carbocycles. The summed E-state index contributed by atoms with van der Waals surface area (Å²) in [7, 11) is 0. The molecule has 0 radical (unpaired) electrons. The minimum atomic E-state index is -2.49. The van der Waals surface area contributed by atoms with Crippen LogP contribution in [0.2, 0.25) is 0 Å². The minimum absolute atomic E-state index is 0.154. The van der Waals surface area contributed by atoms with Gasteiger partial charge in [0.15, 0.2) is 0 Å².